The summed E-state index contributed by atoms with van der Waals surface area (Å²) in [6, 6.07) is -0.316. The van der Waals surface area contributed by atoms with Crippen molar-refractivity contribution in [3.05, 3.63) is 0 Å². The molecule has 3 atom stereocenters. The Morgan fingerprint density at radius 2 is 1.88 bits per heavy atom. The summed E-state index contributed by atoms with van der Waals surface area (Å²) in [6.45, 7) is 1.56. The van der Waals surface area contributed by atoms with Crippen LogP contribution in [-0.4, -0.2) is 34.7 Å². The van der Waals surface area contributed by atoms with Crippen molar-refractivity contribution in [2.24, 2.45) is 11.8 Å². The number of amides is 1. The quantitative estimate of drug-likeness (QED) is 0.650. The molecular formula is C11H19NO4. The second-order valence-electron chi connectivity index (χ2n) is 4.43. The van der Waals surface area contributed by atoms with E-state index in [1.54, 1.807) is 6.92 Å². The summed E-state index contributed by atoms with van der Waals surface area (Å²) in [4.78, 5) is 22.8. The highest BCUT2D eigenvalue weighted by atomic mass is 16.4. The van der Waals surface area contributed by atoms with Gasteiger partial charge in [-0.15, -0.1) is 0 Å². The van der Waals surface area contributed by atoms with Gasteiger partial charge in [-0.2, -0.15) is 0 Å². The van der Waals surface area contributed by atoms with Gasteiger partial charge < -0.3 is 15.5 Å². The molecule has 3 unspecified atom stereocenters. The maximum atomic E-state index is 11.8. The molecule has 0 bridgehead atoms. The summed E-state index contributed by atoms with van der Waals surface area (Å²) in [5, 5.41) is 20.5. The molecule has 0 spiro atoms. The number of aliphatic hydroxyl groups is 1. The van der Waals surface area contributed by atoms with E-state index in [1.165, 1.54) is 0 Å². The molecule has 1 amide bonds. The number of aliphatic carboxylic acids is 1. The van der Waals surface area contributed by atoms with Crippen molar-refractivity contribution in [2.75, 3.05) is 6.61 Å². The van der Waals surface area contributed by atoms with E-state index in [9.17, 15) is 9.59 Å². The molecule has 0 aromatic rings. The highest BCUT2D eigenvalue weighted by molar-refractivity contribution is 5.85. The van der Waals surface area contributed by atoms with Crippen LogP contribution in [0.4, 0.5) is 0 Å². The Hall–Kier alpha value is -1.10. The number of rotatable bonds is 4. The van der Waals surface area contributed by atoms with Crippen LogP contribution in [0.15, 0.2) is 0 Å². The predicted octanol–water partition coefficient (Wildman–Crippen LogP) is 0.374. The molecule has 3 N–H and O–H groups in total. The SMILES string of the molecule is CC(CO)NC(=O)C1CCCCC1C(=O)O. The average Bonchev–Trinajstić information content (AvgIpc) is 2.28. The third-order valence-corrected chi connectivity index (χ3v) is 3.08. The molecule has 0 saturated heterocycles. The van der Waals surface area contributed by atoms with E-state index < -0.39 is 17.8 Å². The first kappa shape index (κ1) is 13.0. The van der Waals surface area contributed by atoms with Crippen LogP contribution in [0.1, 0.15) is 32.6 Å². The first-order valence-electron chi connectivity index (χ1n) is 5.70. The van der Waals surface area contributed by atoms with Crippen molar-refractivity contribution < 1.29 is 19.8 Å². The fourth-order valence-electron chi connectivity index (χ4n) is 2.14. The van der Waals surface area contributed by atoms with Crippen molar-refractivity contribution >= 4 is 11.9 Å². The first-order valence-corrected chi connectivity index (χ1v) is 5.70. The summed E-state index contributed by atoms with van der Waals surface area (Å²) in [7, 11) is 0. The fourth-order valence-corrected chi connectivity index (χ4v) is 2.14. The van der Waals surface area contributed by atoms with Crippen molar-refractivity contribution in [1.29, 1.82) is 0 Å². The zero-order valence-electron chi connectivity index (χ0n) is 9.48. The van der Waals surface area contributed by atoms with Gasteiger partial charge in [0.05, 0.1) is 18.4 Å². The van der Waals surface area contributed by atoms with Crippen LogP contribution >= 0.6 is 0 Å². The molecule has 0 radical (unpaired) electrons. The van der Waals surface area contributed by atoms with Gasteiger partial charge in [0, 0.05) is 6.04 Å². The van der Waals surface area contributed by atoms with Gasteiger partial charge in [0.2, 0.25) is 5.91 Å². The summed E-state index contributed by atoms with van der Waals surface area (Å²) < 4.78 is 0. The van der Waals surface area contributed by atoms with Crippen LogP contribution in [0.2, 0.25) is 0 Å². The standard InChI is InChI=1S/C11H19NO4/c1-7(6-13)12-10(14)8-4-2-3-5-9(8)11(15)16/h7-9,13H,2-6H2,1H3,(H,12,14)(H,15,16). The van der Waals surface area contributed by atoms with E-state index >= 15 is 0 Å². The van der Waals surface area contributed by atoms with Gasteiger partial charge in [-0.1, -0.05) is 12.8 Å². The third kappa shape index (κ3) is 3.20. The van der Waals surface area contributed by atoms with Gasteiger partial charge in [0.15, 0.2) is 0 Å². The molecule has 0 aromatic carbocycles. The zero-order valence-corrected chi connectivity index (χ0v) is 9.48. The van der Waals surface area contributed by atoms with Gasteiger partial charge in [-0.25, -0.2) is 0 Å². The number of carboxylic acids is 1. The Kier molecular flexibility index (Phi) is 4.73. The minimum Gasteiger partial charge on any atom is -0.481 e. The second kappa shape index (κ2) is 5.84. The van der Waals surface area contributed by atoms with E-state index in [0.717, 1.165) is 12.8 Å². The molecule has 1 aliphatic rings. The lowest BCUT2D eigenvalue weighted by Gasteiger charge is -2.28. The van der Waals surface area contributed by atoms with E-state index in [0.29, 0.717) is 12.8 Å². The molecule has 16 heavy (non-hydrogen) atoms. The van der Waals surface area contributed by atoms with Gasteiger partial charge in [-0.05, 0) is 19.8 Å². The third-order valence-electron chi connectivity index (χ3n) is 3.08. The lowest BCUT2D eigenvalue weighted by molar-refractivity contribution is -0.149. The van der Waals surface area contributed by atoms with Crippen molar-refractivity contribution in [1.82, 2.24) is 5.32 Å². The Balaban J connectivity index is 2.60. The predicted molar refractivity (Wildman–Crippen MR) is 57.8 cm³/mol. The Morgan fingerprint density at radius 1 is 1.31 bits per heavy atom. The number of hydrogen-bond acceptors (Lipinski definition) is 3. The molecule has 5 heteroatoms. The normalized spacial score (nSPS) is 27.1. The largest absolute Gasteiger partial charge is 0.481 e. The van der Waals surface area contributed by atoms with E-state index in [4.69, 9.17) is 10.2 Å². The number of aliphatic hydroxyl groups excluding tert-OH is 1. The molecule has 1 aliphatic carbocycles. The molecule has 0 aliphatic heterocycles. The number of carbonyl (C=O) groups excluding carboxylic acids is 1. The van der Waals surface area contributed by atoms with Crippen LogP contribution < -0.4 is 5.32 Å². The lowest BCUT2D eigenvalue weighted by Crippen LogP contribution is -2.44. The highest BCUT2D eigenvalue weighted by Gasteiger charge is 2.35. The molecule has 0 aromatic heterocycles. The number of carboxylic acid groups (broad SMARTS) is 1. The molecule has 92 valence electrons. The monoisotopic (exact) mass is 229 g/mol. The smallest absolute Gasteiger partial charge is 0.307 e. The molecule has 1 rings (SSSR count). The zero-order chi connectivity index (χ0) is 12.1. The molecule has 1 saturated carbocycles. The minimum absolute atomic E-state index is 0.129. The van der Waals surface area contributed by atoms with Crippen LogP contribution in [0, 0.1) is 11.8 Å². The van der Waals surface area contributed by atoms with E-state index in [-0.39, 0.29) is 18.6 Å². The number of carbonyl (C=O) groups is 2. The number of hydrogen-bond donors (Lipinski definition) is 3. The fraction of sp³-hybridized carbons (Fsp3) is 0.818. The Morgan fingerprint density at radius 3 is 2.38 bits per heavy atom. The molecule has 1 fully saturated rings. The Labute approximate surface area is 94.8 Å². The van der Waals surface area contributed by atoms with Crippen molar-refractivity contribution in [3.63, 3.8) is 0 Å². The summed E-state index contributed by atoms with van der Waals surface area (Å²) in [6.07, 6.45) is 2.97. The minimum atomic E-state index is -0.892. The second-order valence-corrected chi connectivity index (χ2v) is 4.43. The molecule has 5 nitrogen and oxygen atoms in total. The van der Waals surface area contributed by atoms with Crippen molar-refractivity contribution in [3.8, 4) is 0 Å². The molecular weight excluding hydrogens is 210 g/mol. The van der Waals surface area contributed by atoms with Crippen LogP contribution in [0.5, 0.6) is 0 Å². The van der Waals surface area contributed by atoms with Crippen molar-refractivity contribution in [2.45, 2.75) is 38.6 Å². The van der Waals surface area contributed by atoms with Crippen LogP contribution in [0.3, 0.4) is 0 Å². The summed E-state index contributed by atoms with van der Waals surface area (Å²) >= 11 is 0. The van der Waals surface area contributed by atoms with Crippen LogP contribution in [0.25, 0.3) is 0 Å². The Bertz CT molecular complexity index is 267. The van der Waals surface area contributed by atoms with E-state index in [1.807, 2.05) is 0 Å². The number of nitrogens with one attached hydrogen (secondary N) is 1. The summed E-state index contributed by atoms with van der Waals surface area (Å²) in [5.41, 5.74) is 0. The maximum Gasteiger partial charge on any atom is 0.307 e. The highest BCUT2D eigenvalue weighted by Crippen LogP contribution is 2.30. The van der Waals surface area contributed by atoms with Gasteiger partial charge in [0.25, 0.3) is 0 Å². The van der Waals surface area contributed by atoms with Gasteiger partial charge in [-0.3, -0.25) is 9.59 Å². The average molecular weight is 229 g/mol. The summed E-state index contributed by atoms with van der Waals surface area (Å²) in [5.74, 6) is -2.15. The van der Waals surface area contributed by atoms with Gasteiger partial charge in [0.1, 0.15) is 0 Å². The molecule has 0 heterocycles. The van der Waals surface area contributed by atoms with Crippen LogP contribution in [-0.2, 0) is 9.59 Å². The maximum absolute atomic E-state index is 11.8. The lowest BCUT2D eigenvalue weighted by atomic mass is 9.78. The first-order chi connectivity index (χ1) is 7.56. The van der Waals surface area contributed by atoms with E-state index in [2.05, 4.69) is 5.32 Å². The topological polar surface area (TPSA) is 86.6 Å². The van der Waals surface area contributed by atoms with Gasteiger partial charge >= 0.3 is 5.97 Å².